The number of aryl methyl sites for hydroxylation is 2. The number of carbonyl (C=O) groups excluding carboxylic acids is 2. The van der Waals surface area contributed by atoms with Crippen molar-refractivity contribution in [2.75, 3.05) is 33.2 Å². The Morgan fingerprint density at radius 2 is 1.18 bits per heavy atom. The van der Waals surface area contributed by atoms with E-state index in [1.165, 1.54) is 22.3 Å². The van der Waals surface area contributed by atoms with Gasteiger partial charge in [-0.05, 0) is 44.1 Å². The fourth-order valence-corrected chi connectivity index (χ4v) is 6.08. The first-order valence-corrected chi connectivity index (χ1v) is 14.0. The quantitative estimate of drug-likeness (QED) is 0.262. The average molecular weight is 538 g/mol. The van der Waals surface area contributed by atoms with Crippen molar-refractivity contribution in [3.63, 3.8) is 0 Å². The molecule has 0 aliphatic heterocycles. The van der Waals surface area contributed by atoms with Gasteiger partial charge in [-0.3, -0.25) is 19.0 Å². The zero-order chi connectivity index (χ0) is 27.8. The maximum atomic E-state index is 12.9. The maximum Gasteiger partial charge on any atom is 0.272 e. The van der Waals surface area contributed by atoms with E-state index in [0.717, 1.165) is 61.3 Å². The van der Waals surface area contributed by atoms with Gasteiger partial charge in [-0.25, -0.2) is 0 Å². The molecule has 0 fully saturated rings. The Labute approximate surface area is 234 Å². The third-order valence-corrected chi connectivity index (χ3v) is 8.00. The van der Waals surface area contributed by atoms with Crippen LogP contribution in [0.5, 0.6) is 0 Å². The summed E-state index contributed by atoms with van der Waals surface area (Å²) >= 11 is 0. The molecule has 2 amide bonds. The van der Waals surface area contributed by atoms with Crippen LogP contribution in [0, 0.1) is 0 Å². The zero-order valence-corrected chi connectivity index (χ0v) is 23.3. The van der Waals surface area contributed by atoms with Crippen LogP contribution in [-0.4, -0.2) is 69.5 Å². The molecule has 9 heteroatoms. The number of hydrogen-bond acceptors (Lipinski definition) is 5. The molecule has 6 rings (SSSR count). The van der Waals surface area contributed by atoms with E-state index in [1.807, 2.05) is 47.7 Å². The first-order valence-electron chi connectivity index (χ1n) is 14.0. The predicted molar refractivity (Wildman–Crippen MR) is 154 cm³/mol. The van der Waals surface area contributed by atoms with E-state index in [2.05, 4.69) is 57.0 Å². The molecule has 2 heterocycles. The highest BCUT2D eigenvalue weighted by Crippen LogP contribution is 2.38. The number of nitrogens with zero attached hydrogens (tertiary/aromatic N) is 5. The second kappa shape index (κ2) is 10.7. The number of aromatic nitrogens is 4. The number of nitrogens with one attached hydrogen (secondary N) is 2. The highest BCUT2D eigenvalue weighted by atomic mass is 16.2. The van der Waals surface area contributed by atoms with Crippen molar-refractivity contribution in [1.29, 1.82) is 0 Å². The van der Waals surface area contributed by atoms with Crippen LogP contribution in [0.15, 0.2) is 48.5 Å². The molecule has 206 valence electrons. The molecule has 9 nitrogen and oxygen atoms in total. The van der Waals surface area contributed by atoms with Crippen molar-refractivity contribution in [2.45, 2.75) is 25.7 Å². The number of amides is 2. The van der Waals surface area contributed by atoms with E-state index < -0.39 is 0 Å². The van der Waals surface area contributed by atoms with Crippen molar-refractivity contribution in [3.8, 4) is 22.5 Å². The maximum absolute atomic E-state index is 12.9. The lowest BCUT2D eigenvalue weighted by molar-refractivity contribution is 0.0939. The summed E-state index contributed by atoms with van der Waals surface area (Å²) < 4.78 is 3.64. The minimum Gasteiger partial charge on any atom is -0.351 e. The van der Waals surface area contributed by atoms with Gasteiger partial charge in [0.25, 0.3) is 11.8 Å². The fraction of sp³-hybridized carbons (Fsp3) is 0.355. The highest BCUT2D eigenvalue weighted by Gasteiger charge is 2.30. The lowest BCUT2D eigenvalue weighted by atomic mass is 10.1. The van der Waals surface area contributed by atoms with E-state index >= 15 is 0 Å². The Hall–Kier alpha value is -4.24. The van der Waals surface area contributed by atoms with E-state index in [1.54, 1.807) is 0 Å². The topological polar surface area (TPSA) is 97.1 Å². The molecular formula is C31H35N7O2. The molecule has 0 saturated carbocycles. The van der Waals surface area contributed by atoms with E-state index in [0.29, 0.717) is 24.5 Å². The van der Waals surface area contributed by atoms with Crippen molar-refractivity contribution in [2.24, 2.45) is 14.1 Å². The lowest BCUT2D eigenvalue weighted by Crippen LogP contribution is -2.31. The van der Waals surface area contributed by atoms with Crippen molar-refractivity contribution in [1.82, 2.24) is 35.1 Å². The summed E-state index contributed by atoms with van der Waals surface area (Å²) in [5.41, 5.74) is 9.99. The van der Waals surface area contributed by atoms with Gasteiger partial charge in [-0.1, -0.05) is 48.5 Å². The summed E-state index contributed by atoms with van der Waals surface area (Å²) in [7, 11) is 5.86. The molecule has 40 heavy (non-hydrogen) atoms. The van der Waals surface area contributed by atoms with Crippen LogP contribution in [0.1, 0.15) is 56.1 Å². The summed E-state index contributed by atoms with van der Waals surface area (Å²) in [5.74, 6) is -0.224. The molecule has 0 bridgehead atoms. The minimum absolute atomic E-state index is 0.112. The molecule has 2 aromatic carbocycles. The monoisotopic (exact) mass is 537 g/mol. The van der Waals surface area contributed by atoms with Crippen LogP contribution in [0.2, 0.25) is 0 Å². The Morgan fingerprint density at radius 1 is 0.750 bits per heavy atom. The van der Waals surface area contributed by atoms with E-state index in [-0.39, 0.29) is 11.8 Å². The third-order valence-electron chi connectivity index (χ3n) is 8.00. The molecule has 2 aliphatic carbocycles. The van der Waals surface area contributed by atoms with Gasteiger partial charge < -0.3 is 15.5 Å². The Bertz CT molecular complexity index is 1480. The minimum atomic E-state index is -0.112. The summed E-state index contributed by atoms with van der Waals surface area (Å²) in [6.07, 6.45) is 3.17. The molecule has 0 spiro atoms. The molecule has 0 atom stereocenters. The number of fused-ring (bicyclic) bond motifs is 6. The smallest absolute Gasteiger partial charge is 0.272 e. The third kappa shape index (κ3) is 4.70. The summed E-state index contributed by atoms with van der Waals surface area (Å²) in [5, 5.41) is 15.1. The number of hydrogen-bond donors (Lipinski definition) is 2. The van der Waals surface area contributed by atoms with Crippen LogP contribution in [0.3, 0.4) is 0 Å². The summed E-state index contributed by atoms with van der Waals surface area (Å²) in [6.45, 7) is 2.88. The van der Waals surface area contributed by atoms with Crippen LogP contribution in [-0.2, 0) is 26.9 Å². The van der Waals surface area contributed by atoms with Gasteiger partial charge in [0.15, 0.2) is 11.4 Å². The molecule has 4 aromatic rings. The molecule has 0 unspecified atom stereocenters. The zero-order valence-electron chi connectivity index (χ0n) is 23.3. The van der Waals surface area contributed by atoms with Crippen molar-refractivity contribution < 1.29 is 9.59 Å². The number of carbonyl (C=O) groups is 2. The van der Waals surface area contributed by atoms with Crippen LogP contribution >= 0.6 is 0 Å². The molecular weight excluding hydrogens is 502 g/mol. The Balaban J connectivity index is 0.917. The van der Waals surface area contributed by atoms with Crippen molar-refractivity contribution in [3.05, 3.63) is 82.2 Å². The lowest BCUT2D eigenvalue weighted by Gasteiger charge is -2.16. The first kappa shape index (κ1) is 26.0. The molecule has 0 radical (unpaired) electrons. The van der Waals surface area contributed by atoms with Gasteiger partial charge in [0.05, 0.1) is 11.4 Å². The molecule has 2 aromatic heterocycles. The van der Waals surface area contributed by atoms with Gasteiger partial charge in [-0.2, -0.15) is 10.2 Å². The summed E-state index contributed by atoms with van der Waals surface area (Å²) in [4.78, 5) is 28.0. The van der Waals surface area contributed by atoms with Crippen LogP contribution in [0.4, 0.5) is 0 Å². The standard InChI is InChI=1S/C31H35N7O2/c1-36(16-8-14-32-30(39)26-24-18-20-10-4-6-12-22(20)28(24)37(2)34-26)17-9-15-33-31(40)27-25-19-21-11-5-7-13-23(21)29(25)38(3)35-27/h4-7,10-13H,8-9,14-19H2,1-3H3,(H,32,39)(H,33,40). The largest absolute Gasteiger partial charge is 0.351 e. The fourth-order valence-electron chi connectivity index (χ4n) is 6.08. The van der Waals surface area contributed by atoms with Gasteiger partial charge in [-0.15, -0.1) is 0 Å². The summed E-state index contributed by atoms with van der Waals surface area (Å²) in [6, 6.07) is 16.5. The Morgan fingerprint density at radius 3 is 1.62 bits per heavy atom. The van der Waals surface area contributed by atoms with Gasteiger partial charge in [0.2, 0.25) is 0 Å². The van der Waals surface area contributed by atoms with Crippen LogP contribution in [0.25, 0.3) is 22.5 Å². The van der Waals surface area contributed by atoms with Gasteiger partial charge >= 0.3 is 0 Å². The normalized spacial score (nSPS) is 12.7. The first-order chi connectivity index (χ1) is 19.4. The van der Waals surface area contributed by atoms with Crippen molar-refractivity contribution >= 4 is 11.8 Å². The second-order valence-corrected chi connectivity index (χ2v) is 10.8. The van der Waals surface area contributed by atoms with Gasteiger partial charge in [0, 0.05) is 62.3 Å². The molecule has 0 saturated heterocycles. The Kier molecular flexibility index (Phi) is 6.98. The highest BCUT2D eigenvalue weighted by molar-refractivity contribution is 5.97. The predicted octanol–water partition coefficient (Wildman–Crippen LogP) is 3.17. The average Bonchev–Trinajstić information content (AvgIpc) is 3.69. The van der Waals surface area contributed by atoms with E-state index in [9.17, 15) is 9.59 Å². The SMILES string of the molecule is CN(CCCNC(=O)c1nn(C)c2c1Cc1ccccc1-2)CCCNC(=O)c1nn(C)c2c1Cc1ccccc1-2. The number of benzene rings is 2. The molecule has 2 aliphatic rings. The van der Waals surface area contributed by atoms with E-state index in [4.69, 9.17) is 0 Å². The van der Waals surface area contributed by atoms with Crippen LogP contribution < -0.4 is 10.6 Å². The molecule has 2 N–H and O–H groups in total. The van der Waals surface area contributed by atoms with Gasteiger partial charge in [0.1, 0.15) is 0 Å². The number of rotatable bonds is 10. The second-order valence-electron chi connectivity index (χ2n) is 10.8.